The summed E-state index contributed by atoms with van der Waals surface area (Å²) < 4.78 is 1.71. The third kappa shape index (κ3) is 3.70. The molecule has 3 heterocycles. The van der Waals surface area contributed by atoms with E-state index in [2.05, 4.69) is 52.4 Å². The number of anilines is 1. The molecule has 3 aromatic rings. The minimum absolute atomic E-state index is 0.0482. The molecule has 1 amide bonds. The lowest BCUT2D eigenvalue weighted by molar-refractivity contribution is -0.120. The van der Waals surface area contributed by atoms with E-state index in [0.29, 0.717) is 19.6 Å². The molecule has 1 aliphatic heterocycles. The van der Waals surface area contributed by atoms with Gasteiger partial charge in [0.2, 0.25) is 5.91 Å². The predicted octanol–water partition coefficient (Wildman–Crippen LogP) is 1.94. The van der Waals surface area contributed by atoms with Crippen LogP contribution in [0.5, 0.6) is 0 Å². The first-order chi connectivity index (χ1) is 14.0. The number of rotatable bonds is 3. The van der Waals surface area contributed by atoms with Crippen LogP contribution in [-0.2, 0) is 18.4 Å². The summed E-state index contributed by atoms with van der Waals surface area (Å²) in [6.07, 6.45) is 3.59. The zero-order valence-corrected chi connectivity index (χ0v) is 17.4. The van der Waals surface area contributed by atoms with Crippen LogP contribution in [-0.4, -0.2) is 58.2 Å². The van der Waals surface area contributed by atoms with Crippen LogP contribution in [0, 0.1) is 13.8 Å². The smallest absolute Gasteiger partial charge is 0.246 e. The van der Waals surface area contributed by atoms with Crippen molar-refractivity contribution < 1.29 is 4.79 Å². The number of fused-ring (bicyclic) bond motifs is 1. The highest BCUT2D eigenvalue weighted by Crippen LogP contribution is 2.22. The summed E-state index contributed by atoms with van der Waals surface area (Å²) in [7, 11) is 3.60. The number of nitrogens with one attached hydrogen (secondary N) is 2. The number of H-pyrrole nitrogens is 1. The molecule has 0 bridgehead atoms. The van der Waals surface area contributed by atoms with Crippen molar-refractivity contribution in [3.05, 3.63) is 47.4 Å². The first-order valence-corrected chi connectivity index (χ1v) is 9.78. The molecule has 0 aliphatic carbocycles. The number of guanidine groups is 1. The number of aliphatic imine (C=N–C) groups is 1. The van der Waals surface area contributed by atoms with E-state index < -0.39 is 0 Å². The molecule has 152 valence electrons. The van der Waals surface area contributed by atoms with Gasteiger partial charge in [0, 0.05) is 56.5 Å². The Morgan fingerprint density at radius 3 is 2.83 bits per heavy atom. The van der Waals surface area contributed by atoms with E-state index in [9.17, 15) is 4.79 Å². The zero-order valence-electron chi connectivity index (χ0n) is 17.4. The number of nitrogens with zero attached hydrogens (tertiary/aromatic N) is 5. The Kier molecular flexibility index (Phi) is 5.00. The average molecular weight is 393 g/mol. The molecule has 0 unspecified atom stereocenters. The Bertz CT molecular complexity index is 1080. The van der Waals surface area contributed by atoms with Crippen molar-refractivity contribution in [3.63, 3.8) is 0 Å². The number of piperazine rings is 1. The Hall–Kier alpha value is -3.29. The molecule has 8 heteroatoms. The minimum Gasteiger partial charge on any atom is -0.358 e. The number of aromatic nitrogens is 3. The third-order valence-corrected chi connectivity index (χ3v) is 5.56. The molecule has 0 radical (unpaired) electrons. The maximum absolute atomic E-state index is 12.7. The second-order valence-electron chi connectivity index (χ2n) is 7.49. The molecule has 2 N–H and O–H groups in total. The van der Waals surface area contributed by atoms with Crippen molar-refractivity contribution in [2.24, 2.45) is 12.0 Å². The van der Waals surface area contributed by atoms with Crippen LogP contribution < -0.4 is 10.2 Å². The van der Waals surface area contributed by atoms with E-state index in [1.807, 2.05) is 18.1 Å². The number of carbonyl (C=O) groups is 1. The molecular formula is C21H27N7O. The van der Waals surface area contributed by atoms with Gasteiger partial charge in [-0.1, -0.05) is 6.07 Å². The van der Waals surface area contributed by atoms with E-state index in [0.717, 1.165) is 23.7 Å². The maximum Gasteiger partial charge on any atom is 0.246 e. The van der Waals surface area contributed by atoms with Crippen LogP contribution in [0.2, 0.25) is 0 Å². The highest BCUT2D eigenvalue weighted by Gasteiger charge is 2.27. The molecule has 1 fully saturated rings. The van der Waals surface area contributed by atoms with Crippen molar-refractivity contribution in [2.75, 3.05) is 31.6 Å². The number of carbonyl (C=O) groups excluding carboxylic acids is 1. The third-order valence-electron chi connectivity index (χ3n) is 5.56. The summed E-state index contributed by atoms with van der Waals surface area (Å²) in [5.74, 6) is 0.790. The normalized spacial score (nSPS) is 15.4. The van der Waals surface area contributed by atoms with Crippen LogP contribution in [0.25, 0.3) is 10.9 Å². The molecule has 1 saturated heterocycles. The maximum atomic E-state index is 12.7. The number of aromatic amines is 1. The van der Waals surface area contributed by atoms with E-state index in [-0.39, 0.29) is 5.91 Å². The highest BCUT2D eigenvalue weighted by molar-refractivity contribution is 5.98. The summed E-state index contributed by atoms with van der Waals surface area (Å²) in [6, 6.07) is 6.44. The van der Waals surface area contributed by atoms with Crippen molar-refractivity contribution in [2.45, 2.75) is 20.4 Å². The molecule has 2 aromatic heterocycles. The minimum atomic E-state index is 0.0482. The van der Waals surface area contributed by atoms with Crippen LogP contribution >= 0.6 is 0 Å². The number of amides is 1. The van der Waals surface area contributed by atoms with Crippen LogP contribution in [0.1, 0.15) is 16.8 Å². The lowest BCUT2D eigenvalue weighted by Gasteiger charge is -2.35. The molecule has 1 aromatic carbocycles. The fourth-order valence-electron chi connectivity index (χ4n) is 3.81. The summed E-state index contributed by atoms with van der Waals surface area (Å²) in [4.78, 5) is 24.2. The summed E-state index contributed by atoms with van der Waals surface area (Å²) in [5, 5.41) is 8.81. The van der Waals surface area contributed by atoms with E-state index in [1.54, 1.807) is 22.8 Å². The first-order valence-electron chi connectivity index (χ1n) is 9.78. The second-order valence-corrected chi connectivity index (χ2v) is 7.49. The highest BCUT2D eigenvalue weighted by atomic mass is 16.2. The van der Waals surface area contributed by atoms with Gasteiger partial charge in [0.1, 0.15) is 6.54 Å². The number of aryl methyl sites for hydroxylation is 3. The standard InChI is InChI=1S/C21H27N7O/c1-14-15(2)25-19-6-5-16(9-18(14)19)10-23-21(22-3)27-7-8-28(20(29)13-27)17-11-24-26(4)12-17/h5-6,9,11-12,25H,7-8,10,13H2,1-4H3,(H,22,23). The topological polar surface area (TPSA) is 81.6 Å². The summed E-state index contributed by atoms with van der Waals surface area (Å²) >= 11 is 0. The molecular weight excluding hydrogens is 366 g/mol. The van der Waals surface area contributed by atoms with Crippen molar-refractivity contribution in [1.82, 2.24) is 25.0 Å². The summed E-state index contributed by atoms with van der Waals surface area (Å²) in [5.41, 5.74) is 5.66. The molecule has 0 atom stereocenters. The monoisotopic (exact) mass is 393 g/mol. The lowest BCUT2D eigenvalue weighted by Crippen LogP contribution is -2.55. The molecule has 0 saturated carbocycles. The molecule has 29 heavy (non-hydrogen) atoms. The van der Waals surface area contributed by atoms with Gasteiger partial charge in [-0.3, -0.25) is 14.5 Å². The van der Waals surface area contributed by atoms with Gasteiger partial charge < -0.3 is 20.1 Å². The van der Waals surface area contributed by atoms with Gasteiger partial charge in [-0.05, 0) is 37.1 Å². The molecule has 8 nitrogen and oxygen atoms in total. The van der Waals surface area contributed by atoms with Gasteiger partial charge >= 0.3 is 0 Å². The van der Waals surface area contributed by atoms with Gasteiger partial charge in [-0.2, -0.15) is 5.10 Å². The van der Waals surface area contributed by atoms with Crippen LogP contribution in [0.4, 0.5) is 5.69 Å². The quantitative estimate of drug-likeness (QED) is 0.526. The Morgan fingerprint density at radius 2 is 2.14 bits per heavy atom. The largest absolute Gasteiger partial charge is 0.358 e. The van der Waals surface area contributed by atoms with Crippen LogP contribution in [0.3, 0.4) is 0 Å². The molecule has 1 aliphatic rings. The Balaban J connectivity index is 1.41. The average Bonchev–Trinajstić information content (AvgIpc) is 3.26. The lowest BCUT2D eigenvalue weighted by atomic mass is 10.1. The van der Waals surface area contributed by atoms with E-state index in [1.165, 1.54) is 22.2 Å². The van der Waals surface area contributed by atoms with E-state index >= 15 is 0 Å². The molecule has 4 rings (SSSR count). The number of benzene rings is 1. The molecule has 0 spiro atoms. The van der Waals surface area contributed by atoms with E-state index in [4.69, 9.17) is 0 Å². The van der Waals surface area contributed by atoms with Gasteiger partial charge in [0.25, 0.3) is 0 Å². The van der Waals surface area contributed by atoms with Crippen molar-refractivity contribution in [1.29, 1.82) is 0 Å². The first kappa shape index (κ1) is 19.0. The van der Waals surface area contributed by atoms with Crippen LogP contribution in [0.15, 0.2) is 35.6 Å². The predicted molar refractivity (Wildman–Crippen MR) is 115 cm³/mol. The fourth-order valence-corrected chi connectivity index (χ4v) is 3.81. The number of hydrogen-bond donors (Lipinski definition) is 2. The van der Waals surface area contributed by atoms with Crippen molar-refractivity contribution >= 4 is 28.5 Å². The Morgan fingerprint density at radius 1 is 1.31 bits per heavy atom. The number of hydrogen-bond acceptors (Lipinski definition) is 3. The fraction of sp³-hybridized carbons (Fsp3) is 0.381. The summed E-state index contributed by atoms with van der Waals surface area (Å²) in [6.45, 7) is 6.51. The Labute approximate surface area is 170 Å². The SMILES string of the molecule is CN=C(NCc1ccc2[nH]c(C)c(C)c2c1)N1CCN(c2cnn(C)c2)C(=O)C1. The second kappa shape index (κ2) is 7.62. The van der Waals surface area contributed by atoms with Gasteiger partial charge in [-0.15, -0.1) is 0 Å². The zero-order chi connectivity index (χ0) is 20.5. The van der Waals surface area contributed by atoms with Gasteiger partial charge in [0.05, 0.1) is 11.9 Å². The van der Waals surface area contributed by atoms with Gasteiger partial charge in [-0.25, -0.2) is 0 Å². The van der Waals surface area contributed by atoms with Crippen molar-refractivity contribution in [3.8, 4) is 0 Å². The van der Waals surface area contributed by atoms with Gasteiger partial charge in [0.15, 0.2) is 5.96 Å².